The Labute approximate surface area is 135 Å². The van der Waals surface area contributed by atoms with Gasteiger partial charge in [-0.15, -0.1) is 0 Å². The zero-order chi connectivity index (χ0) is 16.2. The summed E-state index contributed by atoms with van der Waals surface area (Å²) in [6.07, 6.45) is 0.169. The summed E-state index contributed by atoms with van der Waals surface area (Å²) >= 11 is 5.87. The first kappa shape index (κ1) is 17.1. The summed E-state index contributed by atoms with van der Waals surface area (Å²) in [5, 5.41) is 0.379. The van der Waals surface area contributed by atoms with Crippen molar-refractivity contribution in [1.82, 2.24) is 9.21 Å². The Hall–Kier alpha value is -1.31. The van der Waals surface area contributed by atoms with Gasteiger partial charge in [-0.05, 0) is 31.5 Å². The van der Waals surface area contributed by atoms with Gasteiger partial charge in [0.15, 0.2) is 0 Å². The third-order valence-corrected chi connectivity index (χ3v) is 5.54. The Kier molecular flexibility index (Phi) is 5.66. The molecule has 1 saturated heterocycles. The van der Waals surface area contributed by atoms with E-state index in [2.05, 4.69) is 0 Å². The molecule has 1 aromatic carbocycles. The summed E-state index contributed by atoms with van der Waals surface area (Å²) in [6.45, 7) is 3.46. The number of carbonyl (C=O) groups is 1. The highest BCUT2D eigenvalue weighted by Gasteiger charge is 2.28. The predicted molar refractivity (Wildman–Crippen MR) is 83.4 cm³/mol. The molecule has 6 nitrogen and oxygen atoms in total. The van der Waals surface area contributed by atoms with Gasteiger partial charge < -0.3 is 9.64 Å². The predicted octanol–water partition coefficient (Wildman–Crippen LogP) is 2.19. The molecule has 0 saturated carbocycles. The van der Waals surface area contributed by atoms with Crippen LogP contribution in [0, 0.1) is 0 Å². The number of benzene rings is 1. The number of hydrogen-bond donors (Lipinski definition) is 0. The summed E-state index contributed by atoms with van der Waals surface area (Å²) in [5.41, 5.74) is 0. The molecule has 0 aliphatic carbocycles. The number of sulfonamides is 1. The number of hydrogen-bond acceptors (Lipinski definition) is 4. The van der Waals surface area contributed by atoms with Gasteiger partial charge in [0.25, 0.3) is 0 Å². The van der Waals surface area contributed by atoms with Crippen molar-refractivity contribution in [2.75, 3.05) is 32.8 Å². The molecule has 0 spiro atoms. The molecule has 0 atom stereocenters. The van der Waals surface area contributed by atoms with Crippen LogP contribution in [0.2, 0.25) is 5.02 Å². The molecule has 2 rings (SSSR count). The minimum absolute atomic E-state index is 0.171. The van der Waals surface area contributed by atoms with E-state index in [1.54, 1.807) is 19.1 Å². The fraction of sp³-hybridized carbons (Fsp3) is 0.500. The monoisotopic (exact) mass is 346 g/mol. The molecule has 1 fully saturated rings. The van der Waals surface area contributed by atoms with Gasteiger partial charge in [-0.25, -0.2) is 13.2 Å². The van der Waals surface area contributed by atoms with Crippen molar-refractivity contribution in [3.05, 3.63) is 29.3 Å². The SMILES string of the molecule is CCOC(=O)N1CCCN(S(=O)(=O)c2cccc(Cl)c2)CC1. The van der Waals surface area contributed by atoms with Crippen LogP contribution in [0.4, 0.5) is 4.79 Å². The molecular formula is C14H19ClN2O4S. The highest BCUT2D eigenvalue weighted by molar-refractivity contribution is 7.89. The van der Waals surface area contributed by atoms with Gasteiger partial charge in [0.1, 0.15) is 0 Å². The molecule has 8 heteroatoms. The first-order valence-electron chi connectivity index (χ1n) is 7.12. The molecule has 1 heterocycles. The second-order valence-electron chi connectivity index (χ2n) is 4.90. The molecule has 1 aromatic rings. The summed E-state index contributed by atoms with van der Waals surface area (Å²) in [4.78, 5) is 13.4. The van der Waals surface area contributed by atoms with Crippen molar-refractivity contribution in [1.29, 1.82) is 0 Å². The first-order valence-corrected chi connectivity index (χ1v) is 8.94. The molecule has 0 bridgehead atoms. The lowest BCUT2D eigenvalue weighted by molar-refractivity contribution is 0.109. The first-order chi connectivity index (χ1) is 10.4. The van der Waals surface area contributed by atoms with Gasteiger partial charge in [0.2, 0.25) is 10.0 Å². The number of ether oxygens (including phenoxy) is 1. The van der Waals surface area contributed by atoms with E-state index in [4.69, 9.17) is 16.3 Å². The third kappa shape index (κ3) is 3.91. The quantitative estimate of drug-likeness (QED) is 0.841. The molecule has 1 aliphatic rings. The highest BCUT2D eigenvalue weighted by Crippen LogP contribution is 2.21. The van der Waals surface area contributed by atoms with Crippen molar-refractivity contribution in [3.8, 4) is 0 Å². The van der Waals surface area contributed by atoms with Crippen LogP contribution >= 0.6 is 11.6 Å². The van der Waals surface area contributed by atoms with E-state index >= 15 is 0 Å². The minimum Gasteiger partial charge on any atom is -0.450 e. The summed E-state index contributed by atoms with van der Waals surface area (Å²) in [5.74, 6) is 0. The van der Waals surface area contributed by atoms with Gasteiger partial charge in [-0.1, -0.05) is 17.7 Å². The van der Waals surface area contributed by atoms with Crippen LogP contribution in [0.25, 0.3) is 0 Å². The van der Waals surface area contributed by atoms with Gasteiger partial charge in [-0.3, -0.25) is 0 Å². The maximum absolute atomic E-state index is 12.6. The second-order valence-corrected chi connectivity index (χ2v) is 7.28. The average Bonchev–Trinajstić information content (AvgIpc) is 2.74. The largest absolute Gasteiger partial charge is 0.450 e. The Bertz CT molecular complexity index is 635. The molecular weight excluding hydrogens is 328 g/mol. The fourth-order valence-corrected chi connectivity index (χ4v) is 4.08. The maximum atomic E-state index is 12.6. The molecule has 0 N–H and O–H groups in total. The maximum Gasteiger partial charge on any atom is 0.409 e. The van der Waals surface area contributed by atoms with Gasteiger partial charge in [0.05, 0.1) is 11.5 Å². The Morgan fingerprint density at radius 3 is 2.73 bits per heavy atom. The third-order valence-electron chi connectivity index (χ3n) is 3.41. The van der Waals surface area contributed by atoms with Crippen LogP contribution in [0.5, 0.6) is 0 Å². The van der Waals surface area contributed by atoms with Crippen LogP contribution in [0.15, 0.2) is 29.2 Å². The highest BCUT2D eigenvalue weighted by atomic mass is 35.5. The lowest BCUT2D eigenvalue weighted by Gasteiger charge is -2.21. The van der Waals surface area contributed by atoms with Crippen LogP contribution in [0.3, 0.4) is 0 Å². The van der Waals surface area contributed by atoms with E-state index in [1.807, 2.05) is 0 Å². The second kappa shape index (κ2) is 7.30. The van der Waals surface area contributed by atoms with E-state index in [0.717, 1.165) is 0 Å². The van der Waals surface area contributed by atoms with Crippen molar-refractivity contribution in [3.63, 3.8) is 0 Å². The molecule has 22 heavy (non-hydrogen) atoms. The van der Waals surface area contributed by atoms with Crippen LogP contribution in [-0.2, 0) is 14.8 Å². The zero-order valence-electron chi connectivity index (χ0n) is 12.4. The standard InChI is InChI=1S/C14H19ClN2O4S/c1-2-21-14(18)16-7-4-8-17(10-9-16)22(19,20)13-6-3-5-12(15)11-13/h3,5-6,11H,2,4,7-10H2,1H3. The average molecular weight is 347 g/mol. The Balaban J connectivity index is 2.12. The van der Waals surface area contributed by atoms with Crippen LogP contribution in [0.1, 0.15) is 13.3 Å². The molecule has 0 radical (unpaired) electrons. The number of nitrogens with zero attached hydrogens (tertiary/aromatic N) is 2. The van der Waals surface area contributed by atoms with Crippen molar-refractivity contribution in [2.45, 2.75) is 18.2 Å². The lowest BCUT2D eigenvalue weighted by atomic mass is 10.4. The number of halogens is 1. The number of amides is 1. The zero-order valence-corrected chi connectivity index (χ0v) is 13.9. The van der Waals surface area contributed by atoms with Crippen molar-refractivity contribution >= 4 is 27.7 Å². The van der Waals surface area contributed by atoms with E-state index < -0.39 is 16.1 Å². The van der Waals surface area contributed by atoms with E-state index in [-0.39, 0.29) is 11.4 Å². The van der Waals surface area contributed by atoms with E-state index in [1.165, 1.54) is 21.3 Å². The Morgan fingerprint density at radius 1 is 1.27 bits per heavy atom. The van der Waals surface area contributed by atoms with Crippen molar-refractivity contribution in [2.24, 2.45) is 0 Å². The van der Waals surface area contributed by atoms with Crippen molar-refractivity contribution < 1.29 is 17.9 Å². The Morgan fingerprint density at radius 2 is 2.05 bits per heavy atom. The summed E-state index contributed by atoms with van der Waals surface area (Å²) in [6, 6.07) is 6.20. The van der Waals surface area contributed by atoms with Gasteiger partial charge >= 0.3 is 6.09 Å². The molecule has 122 valence electrons. The smallest absolute Gasteiger partial charge is 0.409 e. The minimum atomic E-state index is -3.60. The molecule has 1 aliphatic heterocycles. The van der Waals surface area contributed by atoms with E-state index in [0.29, 0.717) is 37.7 Å². The van der Waals surface area contributed by atoms with E-state index in [9.17, 15) is 13.2 Å². The van der Waals surface area contributed by atoms with Gasteiger partial charge in [0, 0.05) is 31.2 Å². The topological polar surface area (TPSA) is 66.9 Å². The van der Waals surface area contributed by atoms with Crippen LogP contribution < -0.4 is 0 Å². The number of rotatable bonds is 3. The normalized spacial score (nSPS) is 17.1. The van der Waals surface area contributed by atoms with Crippen LogP contribution in [-0.4, -0.2) is 56.5 Å². The van der Waals surface area contributed by atoms with Gasteiger partial charge in [-0.2, -0.15) is 4.31 Å². The summed E-state index contributed by atoms with van der Waals surface area (Å²) in [7, 11) is -3.60. The number of carbonyl (C=O) groups excluding carboxylic acids is 1. The lowest BCUT2D eigenvalue weighted by Crippen LogP contribution is -2.37. The molecule has 0 aromatic heterocycles. The summed E-state index contributed by atoms with van der Waals surface area (Å²) < 4.78 is 31.6. The molecule has 1 amide bonds. The fourth-order valence-electron chi connectivity index (χ4n) is 2.31. The molecule has 0 unspecified atom stereocenters.